The Hall–Kier alpha value is -3.67. The molecule has 2 aromatic carbocycles. The highest BCUT2D eigenvalue weighted by atomic mass is 16.5. The molecule has 2 aliphatic rings. The van der Waals surface area contributed by atoms with Gasteiger partial charge in [0.1, 0.15) is 11.5 Å². The fourth-order valence-electron chi connectivity index (χ4n) is 5.08. The second kappa shape index (κ2) is 10.1. The van der Waals surface area contributed by atoms with E-state index in [0.29, 0.717) is 23.4 Å². The lowest BCUT2D eigenvalue weighted by Gasteiger charge is -2.37. The highest BCUT2D eigenvalue weighted by Crippen LogP contribution is 2.50. The molecule has 6 heteroatoms. The van der Waals surface area contributed by atoms with Crippen LogP contribution >= 0.6 is 0 Å². The zero-order valence-corrected chi connectivity index (χ0v) is 21.8. The van der Waals surface area contributed by atoms with Gasteiger partial charge in [-0.05, 0) is 56.5 Å². The Labute approximate surface area is 212 Å². The largest absolute Gasteiger partial charge is 0.478 e. The molecule has 0 amide bonds. The summed E-state index contributed by atoms with van der Waals surface area (Å²) < 4.78 is 6.44. The second-order valence-electron chi connectivity index (χ2n) is 9.72. The third-order valence-electron chi connectivity index (χ3n) is 6.84. The molecule has 1 aliphatic carbocycles. The molecule has 2 unspecified atom stereocenters. The van der Waals surface area contributed by atoms with E-state index in [1.807, 2.05) is 59.8 Å². The summed E-state index contributed by atoms with van der Waals surface area (Å²) >= 11 is 0. The molecule has 4 rings (SSSR count). The molecule has 6 nitrogen and oxygen atoms in total. The molecule has 0 bridgehead atoms. The van der Waals surface area contributed by atoms with Gasteiger partial charge >= 0.3 is 5.97 Å². The summed E-state index contributed by atoms with van der Waals surface area (Å²) in [5, 5.41) is 13.6. The van der Waals surface area contributed by atoms with Crippen LogP contribution in [-0.2, 0) is 0 Å². The maximum absolute atomic E-state index is 12.7. The van der Waals surface area contributed by atoms with Crippen molar-refractivity contribution in [3.8, 4) is 5.75 Å². The van der Waals surface area contributed by atoms with Gasteiger partial charge in [0.25, 0.3) is 0 Å². The molecule has 0 saturated carbocycles. The Morgan fingerprint density at radius 2 is 1.86 bits per heavy atom. The van der Waals surface area contributed by atoms with E-state index in [0.717, 1.165) is 40.4 Å². The first-order valence-corrected chi connectivity index (χ1v) is 12.6. The minimum absolute atomic E-state index is 0.0723. The van der Waals surface area contributed by atoms with E-state index in [2.05, 4.69) is 22.5 Å². The van der Waals surface area contributed by atoms with Crippen LogP contribution in [-0.4, -0.2) is 35.7 Å². The number of aromatic carboxylic acids is 1. The van der Waals surface area contributed by atoms with Gasteiger partial charge in [0, 0.05) is 59.8 Å². The van der Waals surface area contributed by atoms with Crippen molar-refractivity contribution in [3.63, 3.8) is 0 Å². The first kappa shape index (κ1) is 25.4. The van der Waals surface area contributed by atoms with Gasteiger partial charge in [-0.2, -0.15) is 0 Å². The Balaban J connectivity index is 1.96. The van der Waals surface area contributed by atoms with Gasteiger partial charge in [0.15, 0.2) is 5.78 Å². The number of fused-ring (bicyclic) bond motifs is 2. The number of carbonyl (C=O) groups is 2. The zero-order chi connectivity index (χ0) is 26.1. The molecule has 0 aromatic heterocycles. The van der Waals surface area contributed by atoms with Crippen molar-refractivity contribution in [1.29, 1.82) is 0 Å². The van der Waals surface area contributed by atoms with Crippen molar-refractivity contribution in [2.24, 2.45) is 16.8 Å². The van der Waals surface area contributed by atoms with Crippen LogP contribution in [0.4, 0.5) is 5.69 Å². The summed E-state index contributed by atoms with van der Waals surface area (Å²) in [6.07, 6.45) is 4.10. The molecule has 0 radical (unpaired) electrons. The third kappa shape index (κ3) is 4.60. The smallest absolute Gasteiger partial charge is 0.336 e. The van der Waals surface area contributed by atoms with Crippen LogP contribution in [0.3, 0.4) is 0 Å². The number of rotatable bonds is 7. The maximum atomic E-state index is 12.7. The average molecular weight is 487 g/mol. The number of hydrogen-bond acceptors (Lipinski definition) is 5. The number of nitrogens with one attached hydrogen (secondary N) is 1. The van der Waals surface area contributed by atoms with Gasteiger partial charge in [-0.25, -0.2) is 4.79 Å². The number of allylic oxidation sites excluding steroid dienone is 3. The van der Waals surface area contributed by atoms with Gasteiger partial charge in [-0.3, -0.25) is 9.79 Å². The molecule has 0 fully saturated rings. The standard InChI is InChI=1S/C30H34N2O4/c1-7-31-24-14-26-22(11-17(24)5)28(23-12-18(6)25(32-8-2)15-27(23)36-26)20-10-9-19(29(33)16(3)4)13-21(20)30(34)35/h9-16,22,28,32H,7-8H2,1-6H3,(H,34,35). The molecule has 1 heterocycles. The SMILES string of the molecule is CCN=C1C=C2Oc3cc(NCC)c(C)cc3C(c3ccc(C(=O)C(C)C)cc3C(=O)O)C2C=C1C. The minimum Gasteiger partial charge on any atom is -0.478 e. The van der Waals surface area contributed by atoms with Crippen molar-refractivity contribution in [2.75, 3.05) is 18.4 Å². The molecule has 36 heavy (non-hydrogen) atoms. The summed E-state index contributed by atoms with van der Waals surface area (Å²) in [5.41, 5.74) is 6.11. The first-order valence-electron chi connectivity index (χ1n) is 12.6. The number of carboxylic acid groups (broad SMARTS) is 1. The van der Waals surface area contributed by atoms with Gasteiger partial charge < -0.3 is 15.2 Å². The number of benzene rings is 2. The minimum atomic E-state index is -1.05. The summed E-state index contributed by atoms with van der Waals surface area (Å²) in [7, 11) is 0. The fourth-order valence-corrected chi connectivity index (χ4v) is 5.08. The van der Waals surface area contributed by atoms with Gasteiger partial charge in [0.2, 0.25) is 0 Å². The lowest BCUT2D eigenvalue weighted by Crippen LogP contribution is -2.29. The molecule has 2 atom stereocenters. The van der Waals surface area contributed by atoms with Crippen LogP contribution in [0.2, 0.25) is 0 Å². The van der Waals surface area contributed by atoms with Crippen LogP contribution in [0.1, 0.15) is 77.9 Å². The maximum Gasteiger partial charge on any atom is 0.336 e. The monoisotopic (exact) mass is 486 g/mol. The zero-order valence-electron chi connectivity index (χ0n) is 21.8. The van der Waals surface area contributed by atoms with E-state index in [1.54, 1.807) is 6.07 Å². The van der Waals surface area contributed by atoms with E-state index >= 15 is 0 Å². The number of anilines is 1. The summed E-state index contributed by atoms with van der Waals surface area (Å²) in [5.74, 6) is -0.376. The molecular weight excluding hydrogens is 452 g/mol. The lowest BCUT2D eigenvalue weighted by atomic mass is 9.73. The van der Waals surface area contributed by atoms with E-state index in [4.69, 9.17) is 4.74 Å². The number of carboxylic acids is 1. The number of aryl methyl sites for hydroxylation is 1. The molecule has 188 valence electrons. The third-order valence-corrected chi connectivity index (χ3v) is 6.84. The molecule has 0 saturated heterocycles. The predicted molar refractivity (Wildman–Crippen MR) is 144 cm³/mol. The van der Waals surface area contributed by atoms with E-state index in [-0.39, 0.29) is 29.1 Å². The van der Waals surface area contributed by atoms with Gasteiger partial charge in [-0.1, -0.05) is 32.1 Å². The van der Waals surface area contributed by atoms with Crippen molar-refractivity contribution in [3.05, 3.63) is 81.6 Å². The quantitative estimate of drug-likeness (QED) is 0.442. The topological polar surface area (TPSA) is 88.0 Å². The van der Waals surface area contributed by atoms with Crippen LogP contribution in [0.15, 0.2) is 58.8 Å². The van der Waals surface area contributed by atoms with E-state index in [9.17, 15) is 14.7 Å². The normalized spacial score (nSPS) is 19.7. The lowest BCUT2D eigenvalue weighted by molar-refractivity contribution is 0.0695. The summed E-state index contributed by atoms with van der Waals surface area (Å²) in [4.78, 5) is 29.8. The van der Waals surface area contributed by atoms with Gasteiger partial charge in [0.05, 0.1) is 11.3 Å². The first-order chi connectivity index (χ1) is 17.2. The Bertz CT molecular complexity index is 1320. The van der Waals surface area contributed by atoms with Crippen molar-refractivity contribution >= 4 is 23.2 Å². The van der Waals surface area contributed by atoms with Crippen molar-refractivity contribution in [1.82, 2.24) is 0 Å². The average Bonchev–Trinajstić information content (AvgIpc) is 2.83. The Kier molecular flexibility index (Phi) is 7.16. The molecule has 2 N–H and O–H groups in total. The van der Waals surface area contributed by atoms with Crippen molar-refractivity contribution in [2.45, 2.75) is 47.5 Å². The molecule has 0 spiro atoms. The molecular formula is C30H34N2O4. The number of ketones is 1. The van der Waals surface area contributed by atoms with E-state index < -0.39 is 5.97 Å². The summed E-state index contributed by atoms with van der Waals surface area (Å²) in [6.45, 7) is 13.2. The number of aliphatic imine (C=N–C) groups is 1. The fraction of sp³-hybridized carbons (Fsp3) is 0.367. The number of Topliss-reactive ketones (excluding diaryl/α,β-unsaturated/α-hetero) is 1. The summed E-state index contributed by atoms with van der Waals surface area (Å²) in [6, 6.07) is 9.18. The molecule has 2 aromatic rings. The Morgan fingerprint density at radius 1 is 1.11 bits per heavy atom. The second-order valence-corrected chi connectivity index (χ2v) is 9.72. The van der Waals surface area contributed by atoms with Crippen LogP contribution < -0.4 is 10.1 Å². The number of hydrogen-bond donors (Lipinski definition) is 2. The number of nitrogens with zero attached hydrogens (tertiary/aromatic N) is 1. The van der Waals surface area contributed by atoms with Gasteiger partial charge in [-0.15, -0.1) is 0 Å². The van der Waals surface area contributed by atoms with E-state index in [1.165, 1.54) is 6.07 Å². The number of carbonyl (C=O) groups excluding carboxylic acids is 1. The van der Waals surface area contributed by atoms with Crippen molar-refractivity contribution < 1.29 is 19.4 Å². The predicted octanol–water partition coefficient (Wildman–Crippen LogP) is 6.41. The molecule has 1 aliphatic heterocycles. The van der Waals surface area contributed by atoms with Crippen LogP contribution in [0.5, 0.6) is 5.75 Å². The highest BCUT2D eigenvalue weighted by Gasteiger charge is 2.39. The Morgan fingerprint density at radius 3 is 2.50 bits per heavy atom. The van der Waals surface area contributed by atoms with Crippen LogP contribution in [0, 0.1) is 18.8 Å². The highest BCUT2D eigenvalue weighted by molar-refractivity contribution is 6.09. The van der Waals surface area contributed by atoms with Crippen LogP contribution in [0.25, 0.3) is 0 Å². The number of ether oxygens (including phenoxy) is 1.